The number of anilines is 2. The molecule has 0 saturated heterocycles. The standard InChI is InChI=1S/C49H39F8N9O6/c1-66(26-39(67)68,18-2-16-62-24-37-40(44(62)69)42(29-8-4-27(22-58)5-9-29)60-46(71)64(37)31-12-14-35(50)33(20-31)48(52,53)54)19-3-17-63-25-38-41(45(63)70)43(30-10-6-28(23-59)7-11-30)61-47(72)65(38)32-13-15-36(51)34(21-32)49(55,56)57/h4-15,20-21,42-43H,2-3,16-19,24-26H2,1H3,(H2-,60,61,67,68,71,72)/p+1. The van der Waals surface area contributed by atoms with Crippen LogP contribution in [0.3, 0.4) is 0 Å². The Morgan fingerprint density at radius 3 is 1.36 bits per heavy atom. The fraction of sp³-hybridized carbons (Fsp3) is 0.286. The lowest BCUT2D eigenvalue weighted by Gasteiger charge is -2.34. The van der Waals surface area contributed by atoms with Gasteiger partial charge in [0.05, 0.1) is 114 Å². The van der Waals surface area contributed by atoms with Crippen molar-refractivity contribution in [3.05, 3.63) is 152 Å². The highest BCUT2D eigenvalue weighted by Gasteiger charge is 2.48. The monoisotopic (exact) mass is 1000 g/mol. The third-order valence-corrected chi connectivity index (χ3v) is 12.9. The van der Waals surface area contributed by atoms with E-state index in [0.717, 1.165) is 21.9 Å². The molecule has 0 saturated carbocycles. The van der Waals surface area contributed by atoms with Crippen molar-refractivity contribution in [1.82, 2.24) is 20.4 Å². The number of quaternary nitrogens is 1. The van der Waals surface area contributed by atoms with E-state index < -0.39 is 83.6 Å². The zero-order valence-electron chi connectivity index (χ0n) is 37.7. The van der Waals surface area contributed by atoms with Gasteiger partial charge < -0.3 is 30.0 Å². The molecule has 23 heteroatoms. The first-order valence-electron chi connectivity index (χ1n) is 22.1. The number of carbonyl (C=O) groups excluding carboxylic acids is 4. The molecule has 0 aromatic heterocycles. The summed E-state index contributed by atoms with van der Waals surface area (Å²) in [7, 11) is 1.63. The number of benzene rings is 4. The van der Waals surface area contributed by atoms with Crippen molar-refractivity contribution in [3.8, 4) is 12.1 Å². The Bertz CT molecular complexity index is 2860. The van der Waals surface area contributed by atoms with Crippen molar-refractivity contribution in [2.24, 2.45) is 0 Å². The highest BCUT2D eigenvalue weighted by molar-refractivity contribution is 6.08. The molecule has 6 amide bonds. The van der Waals surface area contributed by atoms with Crippen LogP contribution in [0.25, 0.3) is 0 Å². The lowest BCUT2D eigenvalue weighted by molar-refractivity contribution is -0.902. The zero-order chi connectivity index (χ0) is 52.0. The molecule has 0 spiro atoms. The van der Waals surface area contributed by atoms with E-state index in [1.54, 1.807) is 7.05 Å². The lowest BCUT2D eigenvalue weighted by Crippen LogP contribution is -2.50. The van der Waals surface area contributed by atoms with Gasteiger partial charge in [-0.15, -0.1) is 0 Å². The van der Waals surface area contributed by atoms with Crippen LogP contribution in [-0.4, -0.2) is 102 Å². The van der Waals surface area contributed by atoms with E-state index in [1.807, 2.05) is 12.1 Å². The van der Waals surface area contributed by atoms with Gasteiger partial charge in [-0.2, -0.15) is 36.9 Å². The van der Waals surface area contributed by atoms with Crippen LogP contribution < -0.4 is 20.4 Å². The number of carboxylic acid groups (broad SMARTS) is 1. The molecule has 0 fully saturated rings. The summed E-state index contributed by atoms with van der Waals surface area (Å²) in [4.78, 5) is 72.8. The number of likely N-dealkylation sites (N-methyl/N-ethyl adjacent to an activating group) is 1. The number of nitrogens with zero attached hydrogens (tertiary/aromatic N) is 7. The number of carboxylic acids is 1. The van der Waals surface area contributed by atoms with Gasteiger partial charge >= 0.3 is 30.4 Å². The molecule has 3 N–H and O–H groups in total. The first-order valence-corrected chi connectivity index (χ1v) is 22.1. The summed E-state index contributed by atoms with van der Waals surface area (Å²) >= 11 is 0. The van der Waals surface area contributed by atoms with Crippen LogP contribution in [-0.2, 0) is 26.7 Å². The Hall–Kier alpha value is -8.31. The lowest BCUT2D eigenvalue weighted by atomic mass is 9.94. The molecule has 372 valence electrons. The van der Waals surface area contributed by atoms with Gasteiger partial charge in [-0.25, -0.2) is 23.2 Å². The van der Waals surface area contributed by atoms with Gasteiger partial charge in [0.1, 0.15) is 11.6 Å². The van der Waals surface area contributed by atoms with E-state index in [1.165, 1.54) is 58.3 Å². The van der Waals surface area contributed by atoms with Gasteiger partial charge in [-0.05, 0) is 71.8 Å². The summed E-state index contributed by atoms with van der Waals surface area (Å²) in [6.45, 7) is -0.816. The number of alkyl halides is 6. The number of hydrogen-bond acceptors (Lipinski definition) is 7. The van der Waals surface area contributed by atoms with Crippen LogP contribution in [0.1, 0.15) is 58.3 Å². The van der Waals surface area contributed by atoms with Crippen LogP contribution in [0, 0.1) is 34.3 Å². The predicted octanol–water partition coefficient (Wildman–Crippen LogP) is 7.49. The summed E-state index contributed by atoms with van der Waals surface area (Å²) < 4.78 is 112. The Kier molecular flexibility index (Phi) is 13.3. The third-order valence-electron chi connectivity index (χ3n) is 12.9. The number of urea groups is 2. The van der Waals surface area contributed by atoms with Crippen molar-refractivity contribution in [3.63, 3.8) is 0 Å². The highest BCUT2D eigenvalue weighted by Crippen LogP contribution is 2.43. The number of amides is 6. The number of hydrogen-bond donors (Lipinski definition) is 3. The van der Waals surface area contributed by atoms with Crippen molar-refractivity contribution in [1.29, 1.82) is 10.5 Å². The second-order valence-corrected chi connectivity index (χ2v) is 17.7. The van der Waals surface area contributed by atoms with E-state index in [9.17, 15) is 74.7 Å². The molecule has 0 bridgehead atoms. The smallest absolute Gasteiger partial charge is 0.419 e. The molecule has 4 heterocycles. The fourth-order valence-corrected chi connectivity index (χ4v) is 9.52. The zero-order valence-corrected chi connectivity index (χ0v) is 37.7. The van der Waals surface area contributed by atoms with Gasteiger partial charge in [0.15, 0.2) is 6.54 Å². The molecule has 8 rings (SSSR count). The molecule has 4 aromatic rings. The van der Waals surface area contributed by atoms with E-state index in [4.69, 9.17) is 0 Å². The molecular weight excluding hydrogens is 963 g/mol. The minimum atomic E-state index is -5.12. The molecule has 2 unspecified atom stereocenters. The molecule has 4 aromatic carbocycles. The Morgan fingerprint density at radius 2 is 1.03 bits per heavy atom. The summed E-state index contributed by atoms with van der Waals surface area (Å²) in [6, 6.07) is 15.7. The van der Waals surface area contributed by atoms with Crippen LogP contribution in [0.2, 0.25) is 0 Å². The van der Waals surface area contributed by atoms with E-state index in [2.05, 4.69) is 10.6 Å². The molecule has 2 atom stereocenters. The molecule has 4 aliphatic rings. The summed E-state index contributed by atoms with van der Waals surface area (Å²) in [6.07, 6.45) is -9.94. The number of aliphatic carboxylic acids is 1. The molecular formula is C49H40F8N9O6+. The van der Waals surface area contributed by atoms with Crippen molar-refractivity contribution in [2.75, 3.05) is 62.7 Å². The normalized spacial score (nSPS) is 18.9. The van der Waals surface area contributed by atoms with Gasteiger partial charge in [-0.1, -0.05) is 24.3 Å². The first-order chi connectivity index (χ1) is 34.0. The number of halogens is 8. The van der Waals surface area contributed by atoms with Crippen LogP contribution >= 0.6 is 0 Å². The van der Waals surface area contributed by atoms with Gasteiger partial charge in [0.25, 0.3) is 11.8 Å². The van der Waals surface area contributed by atoms with E-state index >= 15 is 0 Å². The molecule has 4 aliphatic heterocycles. The van der Waals surface area contributed by atoms with Crippen LogP contribution in [0.15, 0.2) is 107 Å². The average Bonchev–Trinajstić information content (AvgIpc) is 3.82. The number of nitrogens with one attached hydrogen (secondary N) is 2. The maximum atomic E-state index is 14.4. The first kappa shape index (κ1) is 50.1. The van der Waals surface area contributed by atoms with Gasteiger partial charge in [0.2, 0.25) is 0 Å². The SMILES string of the molecule is C[N+](CCCN1CC2=C(C1=O)C(c1ccc(C#N)cc1)NC(=O)N2c1ccc(F)c(C(F)(F)F)c1)(CCCN1CC2=C(C1=O)C(c1ccc(C#N)cc1)NC(=O)N2c1ccc(F)c(C(F)(F)F)c1)CC(=O)O. The van der Waals surface area contributed by atoms with Crippen LogP contribution in [0.5, 0.6) is 0 Å². The number of carbonyl (C=O) groups is 5. The Morgan fingerprint density at radius 1 is 0.653 bits per heavy atom. The summed E-state index contributed by atoms with van der Waals surface area (Å²) in [5.41, 5.74) is -2.67. The fourth-order valence-electron chi connectivity index (χ4n) is 9.52. The molecule has 15 nitrogen and oxygen atoms in total. The average molecular weight is 1000 g/mol. The van der Waals surface area contributed by atoms with Crippen molar-refractivity contribution < 1.29 is 68.7 Å². The minimum Gasteiger partial charge on any atom is -0.477 e. The van der Waals surface area contributed by atoms with E-state index in [-0.39, 0.29) is 102 Å². The number of rotatable bonds is 14. The Labute approximate surface area is 404 Å². The number of nitriles is 2. The molecule has 72 heavy (non-hydrogen) atoms. The van der Waals surface area contributed by atoms with Crippen molar-refractivity contribution in [2.45, 2.75) is 37.3 Å². The topological polar surface area (TPSA) is 190 Å². The molecule has 0 aliphatic carbocycles. The Balaban J connectivity index is 0.999. The second kappa shape index (κ2) is 19.1. The summed E-state index contributed by atoms with van der Waals surface area (Å²) in [5.74, 6) is -5.55. The quantitative estimate of drug-likeness (QED) is 0.0856. The van der Waals surface area contributed by atoms with Gasteiger partial charge in [-0.3, -0.25) is 19.4 Å². The predicted molar refractivity (Wildman–Crippen MR) is 237 cm³/mol. The maximum absolute atomic E-state index is 14.4. The summed E-state index contributed by atoms with van der Waals surface area (Å²) in [5, 5.41) is 34.0. The van der Waals surface area contributed by atoms with Crippen LogP contribution in [0.4, 0.5) is 56.1 Å². The molecule has 0 radical (unpaired) electrons. The van der Waals surface area contributed by atoms with Crippen molar-refractivity contribution >= 4 is 41.2 Å². The van der Waals surface area contributed by atoms with Gasteiger partial charge in [0, 0.05) is 25.9 Å². The van der Waals surface area contributed by atoms with E-state index in [0.29, 0.717) is 35.4 Å². The third kappa shape index (κ3) is 9.75. The highest BCUT2D eigenvalue weighted by atomic mass is 19.4. The second-order valence-electron chi connectivity index (χ2n) is 17.7. The largest absolute Gasteiger partial charge is 0.477 e. The minimum absolute atomic E-state index is 0.00340. The maximum Gasteiger partial charge on any atom is 0.419 e.